The largest absolute Gasteiger partial charge is 0.482 e. The van der Waals surface area contributed by atoms with E-state index in [0.717, 1.165) is 16.7 Å². The van der Waals surface area contributed by atoms with E-state index in [-0.39, 0.29) is 23.8 Å². The molecule has 0 aliphatic carbocycles. The Balaban J connectivity index is 1.96. The zero-order chi connectivity index (χ0) is 18.4. The lowest BCUT2D eigenvalue weighted by atomic mass is 10.0. The first kappa shape index (κ1) is 18.8. The van der Waals surface area contributed by atoms with Gasteiger partial charge in [0.2, 0.25) is 5.91 Å². The van der Waals surface area contributed by atoms with E-state index >= 15 is 0 Å². The highest BCUT2D eigenvalue weighted by Gasteiger charge is 2.28. The van der Waals surface area contributed by atoms with Gasteiger partial charge in [0.25, 0.3) is 0 Å². The molecule has 0 atom stereocenters. The molecule has 0 aliphatic rings. The van der Waals surface area contributed by atoms with Gasteiger partial charge in [-0.15, -0.1) is 0 Å². The van der Waals surface area contributed by atoms with Crippen LogP contribution in [0.25, 0.3) is 0 Å². The number of nitrogens with one attached hydrogen (secondary N) is 1. The fourth-order valence-corrected chi connectivity index (χ4v) is 2.44. The summed E-state index contributed by atoms with van der Waals surface area (Å²) < 4.78 is 41.7. The molecule has 0 aromatic heterocycles. The third kappa shape index (κ3) is 6.14. The first-order valence-electron chi connectivity index (χ1n) is 7.89. The standard InChI is InChI=1S/C19H20F3NO2/c1-13-7-8-15(14(2)11-13)9-10-18(24)23-16-5-3-4-6-17(16)25-12-19(20,21)22/h3-8,11H,9-10,12H2,1-2H3,(H,23,24). The molecule has 0 unspecified atom stereocenters. The first-order chi connectivity index (χ1) is 11.7. The topological polar surface area (TPSA) is 38.3 Å². The molecule has 2 rings (SSSR count). The molecule has 0 heterocycles. The number of benzene rings is 2. The van der Waals surface area contributed by atoms with E-state index in [1.54, 1.807) is 12.1 Å². The minimum Gasteiger partial charge on any atom is -0.482 e. The van der Waals surface area contributed by atoms with Gasteiger partial charge in [0.1, 0.15) is 5.75 Å². The van der Waals surface area contributed by atoms with Crippen LogP contribution < -0.4 is 10.1 Å². The molecule has 0 radical (unpaired) electrons. The van der Waals surface area contributed by atoms with Crippen molar-refractivity contribution in [2.75, 3.05) is 11.9 Å². The molecule has 134 valence electrons. The van der Waals surface area contributed by atoms with Crippen LogP contribution in [0.15, 0.2) is 42.5 Å². The Bertz CT molecular complexity index is 742. The number of hydrogen-bond donors (Lipinski definition) is 1. The average Bonchev–Trinajstić information content (AvgIpc) is 2.52. The van der Waals surface area contributed by atoms with Crippen molar-refractivity contribution in [1.29, 1.82) is 0 Å². The lowest BCUT2D eigenvalue weighted by molar-refractivity contribution is -0.153. The second-order valence-electron chi connectivity index (χ2n) is 5.88. The highest BCUT2D eigenvalue weighted by atomic mass is 19.4. The van der Waals surface area contributed by atoms with E-state index in [9.17, 15) is 18.0 Å². The Morgan fingerprint density at radius 1 is 1.12 bits per heavy atom. The van der Waals surface area contributed by atoms with Gasteiger partial charge in [-0.1, -0.05) is 35.9 Å². The van der Waals surface area contributed by atoms with Gasteiger partial charge in [-0.05, 0) is 43.5 Å². The average molecular weight is 351 g/mol. The molecule has 2 aromatic carbocycles. The van der Waals surface area contributed by atoms with E-state index in [4.69, 9.17) is 4.74 Å². The Kier molecular flexibility index (Phi) is 6.07. The van der Waals surface area contributed by atoms with Crippen LogP contribution in [0.3, 0.4) is 0 Å². The molecule has 2 aromatic rings. The molecule has 0 spiro atoms. The smallest absolute Gasteiger partial charge is 0.422 e. The van der Waals surface area contributed by atoms with Crippen LogP contribution in [0, 0.1) is 13.8 Å². The predicted octanol–water partition coefficient (Wildman–Crippen LogP) is 4.82. The van der Waals surface area contributed by atoms with E-state index in [0.29, 0.717) is 6.42 Å². The summed E-state index contributed by atoms with van der Waals surface area (Å²) in [5, 5.41) is 2.62. The highest BCUT2D eigenvalue weighted by Crippen LogP contribution is 2.26. The normalized spacial score (nSPS) is 11.2. The number of carbonyl (C=O) groups excluding carboxylic acids is 1. The highest BCUT2D eigenvalue weighted by molar-refractivity contribution is 5.92. The molecule has 0 fully saturated rings. The van der Waals surface area contributed by atoms with Crippen LogP contribution in [0.4, 0.5) is 18.9 Å². The maximum absolute atomic E-state index is 12.3. The zero-order valence-corrected chi connectivity index (χ0v) is 14.1. The van der Waals surface area contributed by atoms with Crippen molar-refractivity contribution in [1.82, 2.24) is 0 Å². The molecule has 1 N–H and O–H groups in total. The summed E-state index contributed by atoms with van der Waals surface area (Å²) in [6, 6.07) is 12.1. The van der Waals surface area contributed by atoms with Gasteiger partial charge in [-0.25, -0.2) is 0 Å². The van der Waals surface area contributed by atoms with Crippen molar-refractivity contribution in [3.63, 3.8) is 0 Å². The number of rotatable bonds is 6. The number of halogens is 3. The second-order valence-corrected chi connectivity index (χ2v) is 5.88. The van der Waals surface area contributed by atoms with E-state index in [2.05, 4.69) is 5.32 Å². The molecule has 6 heteroatoms. The fourth-order valence-electron chi connectivity index (χ4n) is 2.44. The number of ether oxygens (including phenoxy) is 1. The molecular weight excluding hydrogens is 331 g/mol. The van der Waals surface area contributed by atoms with Crippen LogP contribution in [0.5, 0.6) is 5.75 Å². The zero-order valence-electron chi connectivity index (χ0n) is 14.1. The van der Waals surface area contributed by atoms with Crippen molar-refractivity contribution in [2.24, 2.45) is 0 Å². The summed E-state index contributed by atoms with van der Waals surface area (Å²) in [4.78, 5) is 12.1. The van der Waals surface area contributed by atoms with Crippen LogP contribution in [-0.4, -0.2) is 18.7 Å². The van der Waals surface area contributed by atoms with Crippen molar-refractivity contribution in [3.8, 4) is 5.75 Å². The number of alkyl halides is 3. The number of hydrogen-bond acceptors (Lipinski definition) is 2. The summed E-state index contributed by atoms with van der Waals surface area (Å²) in [7, 11) is 0. The van der Waals surface area contributed by atoms with Gasteiger partial charge in [0.15, 0.2) is 6.61 Å². The van der Waals surface area contributed by atoms with Gasteiger partial charge in [-0.3, -0.25) is 4.79 Å². The first-order valence-corrected chi connectivity index (χ1v) is 7.89. The van der Waals surface area contributed by atoms with Crippen molar-refractivity contribution < 1.29 is 22.7 Å². The number of aryl methyl sites for hydroxylation is 3. The summed E-state index contributed by atoms with van der Waals surface area (Å²) in [5.74, 6) is -0.275. The van der Waals surface area contributed by atoms with Gasteiger partial charge in [0, 0.05) is 6.42 Å². The van der Waals surface area contributed by atoms with Crippen LogP contribution in [0.2, 0.25) is 0 Å². The minimum atomic E-state index is -4.43. The molecular formula is C19H20F3NO2. The molecule has 1 amide bonds. The molecule has 0 saturated heterocycles. The van der Waals surface area contributed by atoms with Gasteiger partial charge in [0.05, 0.1) is 5.69 Å². The third-order valence-corrected chi connectivity index (χ3v) is 3.67. The lowest BCUT2D eigenvalue weighted by Crippen LogP contribution is -2.20. The van der Waals surface area contributed by atoms with E-state index < -0.39 is 12.8 Å². The molecule has 0 aliphatic heterocycles. The van der Waals surface area contributed by atoms with Gasteiger partial charge < -0.3 is 10.1 Å². The lowest BCUT2D eigenvalue weighted by Gasteiger charge is -2.14. The van der Waals surface area contributed by atoms with Gasteiger partial charge >= 0.3 is 6.18 Å². The summed E-state index contributed by atoms with van der Waals surface area (Å²) in [6.07, 6.45) is -3.64. The van der Waals surface area contributed by atoms with Crippen LogP contribution in [-0.2, 0) is 11.2 Å². The Labute approximate surface area is 144 Å². The Morgan fingerprint density at radius 2 is 1.84 bits per heavy atom. The van der Waals surface area contributed by atoms with E-state index in [1.165, 1.54) is 12.1 Å². The van der Waals surface area contributed by atoms with E-state index in [1.807, 2.05) is 32.0 Å². The maximum atomic E-state index is 12.3. The molecule has 3 nitrogen and oxygen atoms in total. The molecule has 0 saturated carbocycles. The van der Waals surface area contributed by atoms with Gasteiger partial charge in [-0.2, -0.15) is 13.2 Å². The predicted molar refractivity (Wildman–Crippen MR) is 90.9 cm³/mol. The molecule has 25 heavy (non-hydrogen) atoms. The Morgan fingerprint density at radius 3 is 2.52 bits per heavy atom. The van der Waals surface area contributed by atoms with Crippen molar-refractivity contribution in [2.45, 2.75) is 32.9 Å². The minimum absolute atomic E-state index is 0.000286. The Hall–Kier alpha value is -2.50. The maximum Gasteiger partial charge on any atom is 0.422 e. The molecule has 0 bridgehead atoms. The quantitative estimate of drug-likeness (QED) is 0.811. The number of carbonyl (C=O) groups is 1. The monoisotopic (exact) mass is 351 g/mol. The van der Waals surface area contributed by atoms with Crippen molar-refractivity contribution >= 4 is 11.6 Å². The number of para-hydroxylation sites is 2. The van der Waals surface area contributed by atoms with Crippen LogP contribution in [0.1, 0.15) is 23.1 Å². The SMILES string of the molecule is Cc1ccc(CCC(=O)Nc2ccccc2OCC(F)(F)F)c(C)c1. The number of amides is 1. The summed E-state index contributed by atoms with van der Waals surface area (Å²) in [6.45, 7) is 2.59. The fraction of sp³-hybridized carbons (Fsp3) is 0.316. The summed E-state index contributed by atoms with van der Waals surface area (Å²) >= 11 is 0. The van der Waals surface area contributed by atoms with Crippen LogP contribution >= 0.6 is 0 Å². The third-order valence-electron chi connectivity index (χ3n) is 3.67. The number of anilines is 1. The van der Waals surface area contributed by atoms with Crippen molar-refractivity contribution in [3.05, 3.63) is 59.2 Å². The second kappa shape index (κ2) is 8.05. The summed E-state index contributed by atoms with van der Waals surface area (Å²) in [5.41, 5.74) is 3.57.